The molecule has 1 fully saturated rings. The molecule has 0 spiro atoms. The van der Waals surface area contributed by atoms with Crippen LogP contribution in [0.3, 0.4) is 0 Å². The minimum Gasteiger partial charge on any atom is -0.476 e. The summed E-state index contributed by atoms with van der Waals surface area (Å²) in [5.74, 6) is 0.330. The zero-order chi connectivity index (χ0) is 10.6. The summed E-state index contributed by atoms with van der Waals surface area (Å²) in [5.41, 5.74) is 0. The van der Waals surface area contributed by atoms with Gasteiger partial charge in [-0.3, -0.25) is 4.79 Å². The highest BCUT2D eigenvalue weighted by atomic mass is 32.2. The Hall–Kier alpha value is -0.0900. The number of thioether (sulfide) groups is 1. The van der Waals surface area contributed by atoms with Gasteiger partial charge in [0.15, 0.2) is 0 Å². The number of rotatable bonds is 2. The summed E-state index contributed by atoms with van der Waals surface area (Å²) in [7, 11) is 0. The molecule has 0 amide bonds. The number of ketones is 1. The molecule has 0 aliphatic heterocycles. The molecule has 0 aromatic rings. The molecule has 0 unspecified atom stereocenters. The van der Waals surface area contributed by atoms with Gasteiger partial charge < -0.3 is 4.74 Å². The van der Waals surface area contributed by atoms with Gasteiger partial charge in [-0.1, -0.05) is 18.2 Å². The zero-order valence-corrected chi connectivity index (χ0v) is 10.2. The lowest BCUT2D eigenvalue weighted by atomic mass is 9.99. The van der Waals surface area contributed by atoms with Gasteiger partial charge in [-0.25, -0.2) is 0 Å². The van der Waals surface area contributed by atoms with Crippen molar-refractivity contribution in [3.63, 3.8) is 0 Å². The van der Waals surface area contributed by atoms with E-state index in [9.17, 15) is 4.79 Å². The van der Waals surface area contributed by atoms with Crippen LogP contribution in [0.1, 0.15) is 39.5 Å². The molecule has 2 nitrogen and oxygen atoms in total. The van der Waals surface area contributed by atoms with Gasteiger partial charge in [-0.05, 0) is 38.9 Å². The van der Waals surface area contributed by atoms with Crippen LogP contribution < -0.4 is 0 Å². The van der Waals surface area contributed by atoms with Gasteiger partial charge in [0.2, 0.25) is 4.38 Å². The average molecular weight is 232 g/mol. The summed E-state index contributed by atoms with van der Waals surface area (Å²) < 4.78 is 5.86. The van der Waals surface area contributed by atoms with E-state index in [0.717, 1.165) is 19.3 Å². The Kier molecular flexibility index (Phi) is 4.89. The van der Waals surface area contributed by atoms with E-state index < -0.39 is 0 Å². The highest BCUT2D eigenvalue weighted by Gasteiger charge is 2.24. The number of hydrogen-bond donors (Lipinski definition) is 0. The summed E-state index contributed by atoms with van der Waals surface area (Å²) in [6, 6.07) is 0. The van der Waals surface area contributed by atoms with Gasteiger partial charge >= 0.3 is 0 Å². The van der Waals surface area contributed by atoms with Crippen molar-refractivity contribution in [3.8, 4) is 0 Å². The zero-order valence-electron chi connectivity index (χ0n) is 8.62. The molecule has 1 aliphatic rings. The molecule has 0 saturated heterocycles. The lowest BCUT2D eigenvalue weighted by molar-refractivity contribution is -0.119. The van der Waals surface area contributed by atoms with Crippen LogP contribution in [0.25, 0.3) is 0 Å². The Balaban J connectivity index is 2.34. The van der Waals surface area contributed by atoms with Crippen molar-refractivity contribution in [1.82, 2.24) is 0 Å². The second-order valence-corrected chi connectivity index (χ2v) is 5.54. The SMILES string of the molecule is CC(C)OC(=S)S[C@H]1CCCCC1=O. The van der Waals surface area contributed by atoms with Crippen LogP contribution in [0.2, 0.25) is 0 Å². The molecule has 1 aliphatic carbocycles. The third-order valence-electron chi connectivity index (χ3n) is 2.07. The van der Waals surface area contributed by atoms with Crippen molar-refractivity contribution in [2.45, 2.75) is 50.9 Å². The van der Waals surface area contributed by atoms with Gasteiger partial charge in [0.25, 0.3) is 0 Å². The van der Waals surface area contributed by atoms with E-state index in [1.165, 1.54) is 11.8 Å². The topological polar surface area (TPSA) is 26.3 Å². The van der Waals surface area contributed by atoms with Crippen LogP contribution in [0, 0.1) is 0 Å². The van der Waals surface area contributed by atoms with Gasteiger partial charge in [0.05, 0.1) is 11.4 Å². The third kappa shape index (κ3) is 3.96. The minimum atomic E-state index is 0.0509. The van der Waals surface area contributed by atoms with E-state index in [1.54, 1.807) is 0 Å². The molecule has 0 bridgehead atoms. The Morgan fingerprint density at radius 2 is 2.29 bits per heavy atom. The summed E-state index contributed by atoms with van der Waals surface area (Å²) >= 11 is 6.47. The minimum absolute atomic E-state index is 0.0509. The van der Waals surface area contributed by atoms with Crippen LogP contribution in [-0.2, 0) is 9.53 Å². The molecule has 0 heterocycles. The predicted molar refractivity (Wildman–Crippen MR) is 63.7 cm³/mol. The second kappa shape index (κ2) is 5.71. The van der Waals surface area contributed by atoms with E-state index >= 15 is 0 Å². The molecule has 1 rings (SSSR count). The fraction of sp³-hybridized carbons (Fsp3) is 0.800. The van der Waals surface area contributed by atoms with Crippen LogP contribution in [0.4, 0.5) is 0 Å². The Labute approximate surface area is 94.8 Å². The molecule has 14 heavy (non-hydrogen) atoms. The monoisotopic (exact) mass is 232 g/mol. The molecular weight excluding hydrogens is 216 g/mol. The first-order chi connectivity index (χ1) is 6.59. The molecule has 1 saturated carbocycles. The molecule has 0 N–H and O–H groups in total. The highest BCUT2D eigenvalue weighted by Crippen LogP contribution is 2.27. The van der Waals surface area contributed by atoms with Crippen LogP contribution in [0.5, 0.6) is 0 Å². The Morgan fingerprint density at radius 1 is 1.57 bits per heavy atom. The molecule has 0 aromatic carbocycles. The lowest BCUT2D eigenvalue weighted by Gasteiger charge is -2.20. The number of ether oxygens (including phenoxy) is 1. The maximum Gasteiger partial charge on any atom is 0.220 e. The van der Waals surface area contributed by atoms with Crippen molar-refractivity contribution in [2.24, 2.45) is 0 Å². The van der Waals surface area contributed by atoms with E-state index in [-0.39, 0.29) is 11.4 Å². The summed E-state index contributed by atoms with van der Waals surface area (Å²) in [5, 5.41) is 0.0509. The Morgan fingerprint density at radius 3 is 2.86 bits per heavy atom. The van der Waals surface area contributed by atoms with Crippen molar-refractivity contribution in [1.29, 1.82) is 0 Å². The smallest absolute Gasteiger partial charge is 0.220 e. The van der Waals surface area contributed by atoms with Crippen molar-refractivity contribution in [3.05, 3.63) is 0 Å². The van der Waals surface area contributed by atoms with E-state index in [1.807, 2.05) is 13.8 Å². The average Bonchev–Trinajstić information content (AvgIpc) is 2.07. The van der Waals surface area contributed by atoms with Gasteiger partial charge in [0.1, 0.15) is 5.78 Å². The molecule has 0 aromatic heterocycles. The number of carbonyl (C=O) groups excluding carboxylic acids is 1. The molecule has 80 valence electrons. The summed E-state index contributed by atoms with van der Waals surface area (Å²) in [6.07, 6.45) is 3.93. The number of carbonyl (C=O) groups is 1. The van der Waals surface area contributed by atoms with Crippen molar-refractivity contribution >= 4 is 34.1 Å². The van der Waals surface area contributed by atoms with E-state index in [2.05, 4.69) is 0 Å². The normalized spacial score (nSPS) is 22.5. The molecule has 4 heteroatoms. The molecule has 0 radical (unpaired) electrons. The largest absolute Gasteiger partial charge is 0.476 e. The van der Waals surface area contributed by atoms with Gasteiger partial charge in [-0.15, -0.1) is 0 Å². The Bertz CT molecular complexity index is 226. The quantitative estimate of drug-likeness (QED) is 0.684. The maximum atomic E-state index is 11.5. The van der Waals surface area contributed by atoms with Crippen LogP contribution in [0.15, 0.2) is 0 Å². The van der Waals surface area contributed by atoms with Crippen molar-refractivity contribution < 1.29 is 9.53 Å². The first kappa shape index (κ1) is 12.0. The fourth-order valence-corrected chi connectivity index (χ4v) is 2.97. The van der Waals surface area contributed by atoms with E-state index in [0.29, 0.717) is 16.6 Å². The van der Waals surface area contributed by atoms with Crippen LogP contribution in [-0.4, -0.2) is 21.5 Å². The van der Waals surface area contributed by atoms with Gasteiger partial charge in [0, 0.05) is 6.42 Å². The highest BCUT2D eigenvalue weighted by molar-refractivity contribution is 8.23. The summed E-state index contributed by atoms with van der Waals surface area (Å²) in [6.45, 7) is 3.88. The van der Waals surface area contributed by atoms with Crippen molar-refractivity contribution in [2.75, 3.05) is 0 Å². The van der Waals surface area contributed by atoms with Gasteiger partial charge in [-0.2, -0.15) is 0 Å². The molecular formula is C10H16O2S2. The number of hydrogen-bond acceptors (Lipinski definition) is 4. The first-order valence-electron chi connectivity index (χ1n) is 4.99. The second-order valence-electron chi connectivity index (χ2n) is 3.74. The lowest BCUT2D eigenvalue weighted by Crippen LogP contribution is -2.23. The molecule has 1 atom stereocenters. The van der Waals surface area contributed by atoms with E-state index in [4.69, 9.17) is 17.0 Å². The number of Topliss-reactive ketones (excluding diaryl/α,β-unsaturated/α-hetero) is 1. The first-order valence-corrected chi connectivity index (χ1v) is 6.28. The predicted octanol–water partition coefficient (Wildman–Crippen LogP) is 2.94. The maximum absolute atomic E-state index is 11.5. The standard InChI is InChI=1S/C10H16O2S2/c1-7(2)12-10(13)14-9-6-4-3-5-8(9)11/h7,9H,3-6H2,1-2H3/t9-/m0/s1. The van der Waals surface area contributed by atoms with Crippen LogP contribution >= 0.6 is 24.0 Å². The summed E-state index contributed by atoms with van der Waals surface area (Å²) in [4.78, 5) is 11.5. The fourth-order valence-electron chi connectivity index (χ4n) is 1.41. The third-order valence-corrected chi connectivity index (χ3v) is 3.53. The number of thiocarbonyl (C=S) groups is 1.